The molecule has 0 spiro atoms. The van der Waals surface area contributed by atoms with Crippen molar-refractivity contribution in [2.24, 2.45) is 11.3 Å². The van der Waals surface area contributed by atoms with Crippen LogP contribution in [0.2, 0.25) is 0 Å². The van der Waals surface area contributed by atoms with Crippen molar-refractivity contribution in [2.75, 3.05) is 26.3 Å². The molecule has 2 atom stereocenters. The standard InChI is InChI=1S/C18H37NO2/c1-4-7-8-16(6-3)13-21-14-17(20)12-19-15-18(9-5-2)10-11-18/h16-17,19-20H,4-15H2,1-3H3. The Morgan fingerprint density at radius 3 is 2.48 bits per heavy atom. The molecule has 0 aromatic carbocycles. The molecule has 2 unspecified atom stereocenters. The molecule has 1 aliphatic carbocycles. The molecule has 2 N–H and O–H groups in total. The second-order valence-electron chi connectivity index (χ2n) is 6.99. The van der Waals surface area contributed by atoms with Gasteiger partial charge in [0.2, 0.25) is 0 Å². The third-order valence-corrected chi connectivity index (χ3v) is 4.82. The van der Waals surface area contributed by atoms with E-state index in [4.69, 9.17) is 4.74 Å². The van der Waals surface area contributed by atoms with Gasteiger partial charge in [0.1, 0.15) is 0 Å². The second-order valence-corrected chi connectivity index (χ2v) is 6.99. The summed E-state index contributed by atoms with van der Waals surface area (Å²) in [4.78, 5) is 0. The highest BCUT2D eigenvalue weighted by molar-refractivity contribution is 4.94. The van der Waals surface area contributed by atoms with Crippen molar-refractivity contribution in [3.63, 3.8) is 0 Å². The molecule has 0 aliphatic heterocycles. The maximum absolute atomic E-state index is 9.97. The minimum Gasteiger partial charge on any atom is -0.389 e. The zero-order valence-electron chi connectivity index (χ0n) is 14.5. The quantitative estimate of drug-likeness (QED) is 0.513. The number of hydrogen-bond acceptors (Lipinski definition) is 3. The van der Waals surface area contributed by atoms with Crippen molar-refractivity contribution >= 4 is 0 Å². The summed E-state index contributed by atoms with van der Waals surface area (Å²) >= 11 is 0. The fourth-order valence-electron chi connectivity index (χ4n) is 3.05. The van der Waals surface area contributed by atoms with Crippen LogP contribution in [0.4, 0.5) is 0 Å². The van der Waals surface area contributed by atoms with E-state index in [1.54, 1.807) is 0 Å². The molecule has 0 radical (unpaired) electrons. The molecule has 1 fully saturated rings. The van der Waals surface area contributed by atoms with Gasteiger partial charge < -0.3 is 15.2 Å². The van der Waals surface area contributed by atoms with Gasteiger partial charge in [0.05, 0.1) is 12.7 Å². The summed E-state index contributed by atoms with van der Waals surface area (Å²) in [6, 6.07) is 0. The second kappa shape index (κ2) is 10.6. The fourth-order valence-corrected chi connectivity index (χ4v) is 3.05. The highest BCUT2D eigenvalue weighted by Crippen LogP contribution is 2.48. The van der Waals surface area contributed by atoms with Crippen LogP contribution in [0.1, 0.15) is 72.1 Å². The van der Waals surface area contributed by atoms with Crippen molar-refractivity contribution in [3.05, 3.63) is 0 Å². The van der Waals surface area contributed by atoms with Crippen LogP contribution in [0.15, 0.2) is 0 Å². The number of aliphatic hydroxyl groups is 1. The van der Waals surface area contributed by atoms with Crippen LogP contribution in [0.25, 0.3) is 0 Å². The van der Waals surface area contributed by atoms with Crippen LogP contribution < -0.4 is 5.32 Å². The molecule has 0 aromatic heterocycles. The van der Waals surface area contributed by atoms with E-state index in [-0.39, 0.29) is 6.10 Å². The third kappa shape index (κ3) is 8.18. The molecule has 1 aliphatic rings. The molecule has 0 saturated heterocycles. The van der Waals surface area contributed by atoms with Crippen molar-refractivity contribution in [2.45, 2.75) is 78.2 Å². The topological polar surface area (TPSA) is 41.5 Å². The van der Waals surface area contributed by atoms with Crippen LogP contribution in [0, 0.1) is 11.3 Å². The van der Waals surface area contributed by atoms with Crippen LogP contribution in [-0.2, 0) is 4.74 Å². The van der Waals surface area contributed by atoms with Gasteiger partial charge in [-0.3, -0.25) is 0 Å². The SMILES string of the molecule is CCCCC(CC)COCC(O)CNCC1(CCC)CC1. The summed E-state index contributed by atoms with van der Waals surface area (Å²) in [7, 11) is 0. The highest BCUT2D eigenvalue weighted by atomic mass is 16.5. The number of aliphatic hydroxyl groups excluding tert-OH is 1. The number of unbranched alkanes of at least 4 members (excludes halogenated alkanes) is 1. The third-order valence-electron chi connectivity index (χ3n) is 4.82. The van der Waals surface area contributed by atoms with E-state index < -0.39 is 0 Å². The first-order valence-electron chi connectivity index (χ1n) is 9.12. The Balaban J connectivity index is 2.01. The lowest BCUT2D eigenvalue weighted by Gasteiger charge is -2.19. The molecule has 3 nitrogen and oxygen atoms in total. The van der Waals surface area contributed by atoms with Gasteiger partial charge in [-0.25, -0.2) is 0 Å². The van der Waals surface area contributed by atoms with Gasteiger partial charge in [-0.2, -0.15) is 0 Å². The van der Waals surface area contributed by atoms with E-state index in [1.807, 2.05) is 0 Å². The Labute approximate surface area is 131 Å². The lowest BCUT2D eigenvalue weighted by molar-refractivity contribution is 0.0189. The first kappa shape index (κ1) is 18.9. The molecule has 21 heavy (non-hydrogen) atoms. The van der Waals surface area contributed by atoms with Crippen LogP contribution in [0.5, 0.6) is 0 Å². The van der Waals surface area contributed by atoms with Gasteiger partial charge in [0.25, 0.3) is 0 Å². The first-order chi connectivity index (χ1) is 10.2. The van der Waals surface area contributed by atoms with Gasteiger partial charge in [0.15, 0.2) is 0 Å². The molecule has 0 aromatic rings. The average Bonchev–Trinajstić information content (AvgIpc) is 3.23. The van der Waals surface area contributed by atoms with Crippen molar-refractivity contribution < 1.29 is 9.84 Å². The number of nitrogens with one attached hydrogen (secondary N) is 1. The lowest BCUT2D eigenvalue weighted by Crippen LogP contribution is -2.34. The summed E-state index contributed by atoms with van der Waals surface area (Å²) in [5.74, 6) is 0.657. The van der Waals surface area contributed by atoms with Gasteiger partial charge in [-0.05, 0) is 37.0 Å². The monoisotopic (exact) mass is 299 g/mol. The average molecular weight is 299 g/mol. The van der Waals surface area contributed by atoms with Gasteiger partial charge in [0, 0.05) is 19.7 Å². The molecule has 126 valence electrons. The predicted molar refractivity (Wildman–Crippen MR) is 89.6 cm³/mol. The molecule has 0 heterocycles. The van der Waals surface area contributed by atoms with E-state index in [0.29, 0.717) is 24.5 Å². The summed E-state index contributed by atoms with van der Waals surface area (Å²) in [6.45, 7) is 9.71. The number of hydrogen-bond donors (Lipinski definition) is 2. The Bertz CT molecular complexity index is 254. The summed E-state index contributed by atoms with van der Waals surface area (Å²) in [5, 5.41) is 13.4. The van der Waals surface area contributed by atoms with Gasteiger partial charge >= 0.3 is 0 Å². The Morgan fingerprint density at radius 1 is 1.14 bits per heavy atom. The first-order valence-corrected chi connectivity index (χ1v) is 9.12. The van der Waals surface area contributed by atoms with E-state index in [1.165, 1.54) is 51.4 Å². The lowest BCUT2D eigenvalue weighted by atomic mass is 10.0. The summed E-state index contributed by atoms with van der Waals surface area (Å²) in [6.07, 6.45) is 9.90. The molecule has 3 heteroatoms. The van der Waals surface area contributed by atoms with Crippen LogP contribution in [0.3, 0.4) is 0 Å². The number of ether oxygens (including phenoxy) is 1. The summed E-state index contributed by atoms with van der Waals surface area (Å²) < 4.78 is 5.70. The zero-order chi connectivity index (χ0) is 15.6. The van der Waals surface area contributed by atoms with E-state index in [2.05, 4.69) is 26.1 Å². The van der Waals surface area contributed by atoms with E-state index >= 15 is 0 Å². The van der Waals surface area contributed by atoms with Gasteiger partial charge in [-0.1, -0.05) is 46.5 Å². The minimum atomic E-state index is -0.369. The Kier molecular flexibility index (Phi) is 9.54. The minimum absolute atomic E-state index is 0.369. The van der Waals surface area contributed by atoms with Crippen LogP contribution >= 0.6 is 0 Å². The largest absolute Gasteiger partial charge is 0.389 e. The van der Waals surface area contributed by atoms with Gasteiger partial charge in [-0.15, -0.1) is 0 Å². The van der Waals surface area contributed by atoms with E-state index in [0.717, 1.165) is 13.2 Å². The maximum Gasteiger partial charge on any atom is 0.0897 e. The molecular weight excluding hydrogens is 262 g/mol. The Hall–Kier alpha value is -0.120. The molecule has 1 rings (SSSR count). The summed E-state index contributed by atoms with van der Waals surface area (Å²) in [5.41, 5.74) is 0.558. The molecule has 0 bridgehead atoms. The van der Waals surface area contributed by atoms with E-state index in [9.17, 15) is 5.11 Å². The fraction of sp³-hybridized carbons (Fsp3) is 1.00. The molecule has 0 amide bonds. The van der Waals surface area contributed by atoms with Crippen LogP contribution in [-0.4, -0.2) is 37.5 Å². The van der Waals surface area contributed by atoms with Crippen molar-refractivity contribution in [1.82, 2.24) is 5.32 Å². The molecular formula is C18H37NO2. The van der Waals surface area contributed by atoms with Crippen molar-refractivity contribution in [1.29, 1.82) is 0 Å². The Morgan fingerprint density at radius 2 is 1.90 bits per heavy atom. The normalized spacial score (nSPS) is 19.4. The number of rotatable bonds is 14. The maximum atomic E-state index is 9.97. The zero-order valence-corrected chi connectivity index (χ0v) is 14.5. The van der Waals surface area contributed by atoms with Crippen molar-refractivity contribution in [3.8, 4) is 0 Å². The highest BCUT2D eigenvalue weighted by Gasteiger charge is 2.40. The molecule has 1 saturated carbocycles. The predicted octanol–water partition coefficient (Wildman–Crippen LogP) is 3.75. The smallest absolute Gasteiger partial charge is 0.0897 e.